The Kier molecular flexibility index (Phi) is 7.99. The average molecular weight is 300 g/mol. The lowest BCUT2D eigenvalue weighted by Gasteiger charge is -2.25. The zero-order chi connectivity index (χ0) is 16.6. The van der Waals surface area contributed by atoms with E-state index in [1.54, 1.807) is 20.8 Å². The highest BCUT2D eigenvalue weighted by Crippen LogP contribution is 2.14. The summed E-state index contributed by atoms with van der Waals surface area (Å²) in [7, 11) is 0. The Morgan fingerprint density at radius 3 is 2.14 bits per heavy atom. The van der Waals surface area contributed by atoms with Crippen LogP contribution in [-0.4, -0.2) is 35.5 Å². The van der Waals surface area contributed by atoms with E-state index in [9.17, 15) is 14.4 Å². The number of hydrogen-bond acceptors (Lipinski definition) is 3. The van der Waals surface area contributed by atoms with Gasteiger partial charge < -0.3 is 15.7 Å². The number of carbonyl (C=O) groups is 3. The number of aliphatic carboxylic acids is 1. The van der Waals surface area contributed by atoms with E-state index in [0.29, 0.717) is 19.4 Å². The van der Waals surface area contributed by atoms with E-state index in [2.05, 4.69) is 10.6 Å². The van der Waals surface area contributed by atoms with E-state index in [1.807, 2.05) is 13.8 Å². The van der Waals surface area contributed by atoms with Gasteiger partial charge >= 0.3 is 5.97 Å². The van der Waals surface area contributed by atoms with Crippen LogP contribution in [0.2, 0.25) is 0 Å². The first kappa shape index (κ1) is 19.4. The normalized spacial score (nSPS) is 12.9. The third-order valence-electron chi connectivity index (χ3n) is 2.88. The van der Waals surface area contributed by atoms with Gasteiger partial charge in [-0.1, -0.05) is 34.6 Å². The molecule has 3 N–H and O–H groups in total. The fourth-order valence-corrected chi connectivity index (χ4v) is 1.65. The molecule has 0 aliphatic heterocycles. The molecule has 0 aromatic heterocycles. The maximum absolute atomic E-state index is 12.1. The van der Waals surface area contributed by atoms with Crippen LogP contribution in [0.25, 0.3) is 0 Å². The van der Waals surface area contributed by atoms with E-state index in [0.717, 1.165) is 0 Å². The first-order valence-corrected chi connectivity index (χ1v) is 7.34. The number of hydrogen-bond donors (Lipinski definition) is 3. The van der Waals surface area contributed by atoms with Crippen molar-refractivity contribution in [3.8, 4) is 0 Å². The van der Waals surface area contributed by atoms with Gasteiger partial charge in [-0.3, -0.25) is 14.4 Å². The molecule has 0 rings (SSSR count). The summed E-state index contributed by atoms with van der Waals surface area (Å²) < 4.78 is 0. The molecule has 0 aromatic rings. The Morgan fingerprint density at radius 1 is 1.14 bits per heavy atom. The van der Waals surface area contributed by atoms with Crippen molar-refractivity contribution in [2.75, 3.05) is 6.54 Å². The lowest BCUT2D eigenvalue weighted by molar-refractivity contribution is -0.137. The van der Waals surface area contributed by atoms with E-state index < -0.39 is 17.4 Å². The van der Waals surface area contributed by atoms with Crippen LogP contribution in [0.4, 0.5) is 0 Å². The molecule has 0 aliphatic carbocycles. The molecular formula is C15H28N2O4. The third-order valence-corrected chi connectivity index (χ3v) is 2.88. The van der Waals surface area contributed by atoms with Gasteiger partial charge in [0.2, 0.25) is 11.8 Å². The second-order valence-electron chi connectivity index (χ2n) is 6.69. The second kappa shape index (κ2) is 8.64. The topological polar surface area (TPSA) is 95.5 Å². The van der Waals surface area contributed by atoms with Crippen molar-refractivity contribution < 1.29 is 19.5 Å². The van der Waals surface area contributed by atoms with Crippen molar-refractivity contribution in [3.63, 3.8) is 0 Å². The van der Waals surface area contributed by atoms with Gasteiger partial charge in [0.05, 0.1) is 0 Å². The molecule has 0 fully saturated rings. The van der Waals surface area contributed by atoms with E-state index in [4.69, 9.17) is 5.11 Å². The minimum absolute atomic E-state index is 0.0173. The largest absolute Gasteiger partial charge is 0.481 e. The molecule has 0 spiro atoms. The van der Waals surface area contributed by atoms with Crippen LogP contribution >= 0.6 is 0 Å². The number of nitrogens with one attached hydrogen (secondary N) is 2. The molecule has 0 aromatic carbocycles. The Morgan fingerprint density at radius 2 is 1.71 bits per heavy atom. The molecule has 1 atom stereocenters. The molecule has 0 bridgehead atoms. The molecule has 0 heterocycles. The Bertz CT molecular complexity index is 372. The van der Waals surface area contributed by atoms with Gasteiger partial charge in [0.25, 0.3) is 0 Å². The highest BCUT2D eigenvalue weighted by Gasteiger charge is 2.27. The van der Waals surface area contributed by atoms with Crippen molar-refractivity contribution in [3.05, 3.63) is 0 Å². The summed E-state index contributed by atoms with van der Waals surface area (Å²) >= 11 is 0. The van der Waals surface area contributed by atoms with Crippen LogP contribution in [-0.2, 0) is 14.4 Å². The van der Waals surface area contributed by atoms with Crippen molar-refractivity contribution in [1.82, 2.24) is 10.6 Å². The zero-order valence-electron chi connectivity index (χ0n) is 13.7. The van der Waals surface area contributed by atoms with Crippen LogP contribution in [0.5, 0.6) is 0 Å². The van der Waals surface area contributed by atoms with Gasteiger partial charge in [0, 0.05) is 18.4 Å². The molecule has 2 amide bonds. The lowest BCUT2D eigenvalue weighted by atomic mass is 9.94. The molecule has 0 radical (unpaired) electrons. The maximum Gasteiger partial charge on any atom is 0.303 e. The first-order valence-electron chi connectivity index (χ1n) is 7.34. The molecule has 0 aliphatic rings. The predicted octanol–water partition coefficient (Wildman–Crippen LogP) is 1.54. The lowest BCUT2D eigenvalue weighted by Crippen LogP contribution is -2.50. The SMILES string of the molecule is CC(C)C[C@H](NC(=O)C(C)(C)C)C(=O)NCCCC(=O)O. The summed E-state index contributed by atoms with van der Waals surface area (Å²) in [5.41, 5.74) is -0.557. The number of amides is 2. The van der Waals surface area contributed by atoms with Gasteiger partial charge in [-0.15, -0.1) is 0 Å². The number of carboxylic acids is 1. The molecular weight excluding hydrogens is 272 g/mol. The summed E-state index contributed by atoms with van der Waals surface area (Å²) in [6, 6.07) is -0.582. The second-order valence-corrected chi connectivity index (χ2v) is 6.69. The predicted molar refractivity (Wildman–Crippen MR) is 80.7 cm³/mol. The van der Waals surface area contributed by atoms with Crippen molar-refractivity contribution in [1.29, 1.82) is 0 Å². The number of rotatable bonds is 8. The van der Waals surface area contributed by atoms with E-state index in [-0.39, 0.29) is 24.2 Å². The van der Waals surface area contributed by atoms with Gasteiger partial charge in [-0.05, 0) is 18.8 Å². The molecule has 0 saturated carbocycles. The first-order chi connectivity index (χ1) is 9.54. The molecule has 6 nitrogen and oxygen atoms in total. The van der Waals surface area contributed by atoms with Gasteiger partial charge in [-0.2, -0.15) is 0 Å². The third kappa shape index (κ3) is 9.05. The van der Waals surface area contributed by atoms with Crippen molar-refractivity contribution in [2.24, 2.45) is 11.3 Å². The van der Waals surface area contributed by atoms with E-state index >= 15 is 0 Å². The van der Waals surface area contributed by atoms with Crippen LogP contribution in [0, 0.1) is 11.3 Å². The van der Waals surface area contributed by atoms with Crippen LogP contribution < -0.4 is 10.6 Å². The van der Waals surface area contributed by atoms with Crippen molar-refractivity contribution in [2.45, 2.75) is 59.9 Å². The minimum Gasteiger partial charge on any atom is -0.481 e. The fraction of sp³-hybridized carbons (Fsp3) is 0.800. The quantitative estimate of drug-likeness (QED) is 0.593. The van der Waals surface area contributed by atoms with Crippen LogP contribution in [0.3, 0.4) is 0 Å². The summed E-state index contributed by atoms with van der Waals surface area (Å²) in [4.78, 5) is 34.5. The van der Waals surface area contributed by atoms with Crippen LogP contribution in [0.15, 0.2) is 0 Å². The zero-order valence-corrected chi connectivity index (χ0v) is 13.7. The Hall–Kier alpha value is -1.59. The highest BCUT2D eigenvalue weighted by molar-refractivity contribution is 5.89. The van der Waals surface area contributed by atoms with Gasteiger partial charge in [0.15, 0.2) is 0 Å². The fourth-order valence-electron chi connectivity index (χ4n) is 1.65. The monoisotopic (exact) mass is 300 g/mol. The minimum atomic E-state index is -0.885. The molecule has 122 valence electrons. The summed E-state index contributed by atoms with van der Waals surface area (Å²) in [6.07, 6.45) is 0.943. The summed E-state index contributed by atoms with van der Waals surface area (Å²) in [6.45, 7) is 9.63. The number of carboxylic acid groups (broad SMARTS) is 1. The summed E-state index contributed by atoms with van der Waals surface area (Å²) in [5, 5.41) is 14.0. The Labute approximate surface area is 126 Å². The smallest absolute Gasteiger partial charge is 0.303 e. The molecule has 6 heteroatoms. The van der Waals surface area contributed by atoms with E-state index in [1.165, 1.54) is 0 Å². The van der Waals surface area contributed by atoms with Crippen LogP contribution in [0.1, 0.15) is 53.9 Å². The molecule has 0 unspecified atom stereocenters. The molecule has 21 heavy (non-hydrogen) atoms. The number of carbonyl (C=O) groups excluding carboxylic acids is 2. The average Bonchev–Trinajstić information content (AvgIpc) is 2.31. The highest BCUT2D eigenvalue weighted by atomic mass is 16.4. The maximum atomic E-state index is 12.1. The summed E-state index contributed by atoms with van der Waals surface area (Å²) in [5.74, 6) is -1.05. The van der Waals surface area contributed by atoms with Gasteiger partial charge in [-0.25, -0.2) is 0 Å². The molecule has 0 saturated heterocycles. The van der Waals surface area contributed by atoms with Crippen molar-refractivity contribution >= 4 is 17.8 Å². The standard InChI is InChI=1S/C15H28N2O4/c1-10(2)9-11(17-14(21)15(3,4)5)13(20)16-8-6-7-12(18)19/h10-11H,6-9H2,1-5H3,(H,16,20)(H,17,21)(H,18,19)/t11-/m0/s1. The van der Waals surface area contributed by atoms with Gasteiger partial charge in [0.1, 0.15) is 6.04 Å². The Balaban J connectivity index is 4.49.